The molecule has 272 valence electrons. The topological polar surface area (TPSA) is 145 Å². The Bertz CT molecular complexity index is 1440. The summed E-state index contributed by atoms with van der Waals surface area (Å²) in [4.78, 5) is 52.1. The van der Waals surface area contributed by atoms with Crippen LogP contribution in [0.3, 0.4) is 0 Å². The zero-order valence-electron chi connectivity index (χ0n) is 29.7. The molecule has 1 aliphatic carbocycles. The van der Waals surface area contributed by atoms with Gasteiger partial charge in [-0.05, 0) is 48.8 Å². The molecule has 1 aliphatic rings. The van der Waals surface area contributed by atoms with Crippen LogP contribution in [0.1, 0.15) is 82.2 Å². The number of nitrogens with zero attached hydrogens (tertiary/aromatic N) is 3. The molecule has 50 heavy (non-hydrogen) atoms. The molecule has 1 fully saturated rings. The van der Waals surface area contributed by atoms with Crippen LogP contribution in [0.2, 0.25) is 0 Å². The van der Waals surface area contributed by atoms with E-state index in [0.717, 1.165) is 36.9 Å². The van der Waals surface area contributed by atoms with E-state index in [1.807, 2.05) is 67.8 Å². The van der Waals surface area contributed by atoms with Crippen LogP contribution in [0.5, 0.6) is 0 Å². The fourth-order valence-corrected chi connectivity index (χ4v) is 7.33. The van der Waals surface area contributed by atoms with E-state index in [2.05, 4.69) is 20.6 Å². The molecule has 10 nitrogen and oxygen atoms in total. The number of benzene rings is 1. The van der Waals surface area contributed by atoms with Crippen molar-refractivity contribution in [2.45, 2.75) is 109 Å². The van der Waals surface area contributed by atoms with Gasteiger partial charge in [0.1, 0.15) is 12.1 Å². The van der Waals surface area contributed by atoms with Crippen LogP contribution in [-0.4, -0.2) is 80.7 Å². The summed E-state index contributed by atoms with van der Waals surface area (Å²) in [5.41, 5.74) is 4.13. The second kappa shape index (κ2) is 20.2. The quantitative estimate of drug-likeness (QED) is 0.141. The third-order valence-electron chi connectivity index (χ3n) is 9.66. The minimum absolute atomic E-state index is 0.0328. The average Bonchev–Trinajstić information content (AvgIpc) is 3.63. The minimum Gasteiger partial charge on any atom is -0.390 e. The highest BCUT2D eigenvalue weighted by Crippen LogP contribution is 2.29. The van der Waals surface area contributed by atoms with Gasteiger partial charge in [-0.15, -0.1) is 11.3 Å². The van der Waals surface area contributed by atoms with Gasteiger partial charge in [0.15, 0.2) is 0 Å². The fraction of sp³-hybridized carbons (Fsp3) is 0.564. The average molecular weight is 706 g/mol. The van der Waals surface area contributed by atoms with Gasteiger partial charge in [-0.25, -0.2) is 4.98 Å². The van der Waals surface area contributed by atoms with Crippen LogP contribution in [0, 0.1) is 17.8 Å². The molecular formula is C39H55N5O5S. The minimum atomic E-state index is -1.15. The first-order valence-corrected chi connectivity index (χ1v) is 19.0. The summed E-state index contributed by atoms with van der Waals surface area (Å²) in [7, 11) is 1.73. The molecule has 3 amide bonds. The predicted octanol–water partition coefficient (Wildman–Crippen LogP) is 4.74. The lowest BCUT2D eigenvalue weighted by Crippen LogP contribution is -2.56. The van der Waals surface area contributed by atoms with E-state index >= 15 is 0 Å². The Morgan fingerprint density at radius 3 is 2.32 bits per heavy atom. The first-order chi connectivity index (χ1) is 24.1. The molecule has 0 spiro atoms. The number of likely N-dealkylation sites (N-methyl/N-ethyl adjacent to an activating group) is 1. The van der Waals surface area contributed by atoms with Gasteiger partial charge in [-0.1, -0.05) is 82.3 Å². The van der Waals surface area contributed by atoms with Crippen molar-refractivity contribution in [3.05, 3.63) is 82.6 Å². The van der Waals surface area contributed by atoms with Gasteiger partial charge in [0, 0.05) is 50.1 Å². The number of amides is 3. The van der Waals surface area contributed by atoms with Crippen molar-refractivity contribution < 1.29 is 24.6 Å². The molecule has 1 aromatic carbocycles. The van der Waals surface area contributed by atoms with E-state index in [-0.39, 0.29) is 24.7 Å². The highest BCUT2D eigenvalue weighted by Gasteiger charge is 2.34. The summed E-state index contributed by atoms with van der Waals surface area (Å²) in [6.45, 7) is 4.43. The van der Waals surface area contributed by atoms with Crippen molar-refractivity contribution in [2.24, 2.45) is 17.8 Å². The lowest BCUT2D eigenvalue weighted by Gasteiger charge is -2.34. The molecule has 11 heteroatoms. The molecule has 3 aromatic rings. The molecule has 0 aliphatic heterocycles. The zero-order valence-corrected chi connectivity index (χ0v) is 30.6. The second-order valence-electron chi connectivity index (χ2n) is 14.3. The largest absolute Gasteiger partial charge is 0.390 e. The lowest BCUT2D eigenvalue weighted by atomic mass is 9.82. The van der Waals surface area contributed by atoms with Gasteiger partial charge in [0.05, 0.1) is 29.3 Å². The maximum absolute atomic E-state index is 14.1. The molecular weight excluding hydrogens is 651 g/mol. The van der Waals surface area contributed by atoms with Crippen LogP contribution in [0.15, 0.2) is 65.6 Å². The van der Waals surface area contributed by atoms with Crippen LogP contribution in [0.25, 0.3) is 0 Å². The van der Waals surface area contributed by atoms with E-state index < -0.39 is 42.0 Å². The first-order valence-electron chi connectivity index (χ1n) is 18.1. The maximum Gasteiger partial charge on any atom is 0.243 e. The Labute approximate surface area is 301 Å². The summed E-state index contributed by atoms with van der Waals surface area (Å²) in [6.07, 6.45) is 7.00. The molecule has 0 radical (unpaired) electrons. The summed E-state index contributed by atoms with van der Waals surface area (Å²) in [5.74, 6) is -1.25. The number of aliphatic hydroxyl groups is 2. The van der Waals surface area contributed by atoms with Gasteiger partial charge >= 0.3 is 0 Å². The lowest BCUT2D eigenvalue weighted by molar-refractivity contribution is -0.136. The molecule has 5 atom stereocenters. The Hall–Kier alpha value is -3.67. The normalized spacial score (nSPS) is 16.6. The zero-order chi connectivity index (χ0) is 35.9. The number of thiazole rings is 1. The summed E-state index contributed by atoms with van der Waals surface area (Å²) in [5, 5.41) is 30.1. The van der Waals surface area contributed by atoms with Crippen LogP contribution in [0.4, 0.5) is 0 Å². The van der Waals surface area contributed by atoms with Crippen molar-refractivity contribution >= 4 is 29.1 Å². The number of nitrogens with one attached hydrogen (secondary N) is 2. The summed E-state index contributed by atoms with van der Waals surface area (Å²) in [6, 6.07) is 13.6. The van der Waals surface area contributed by atoms with Crippen molar-refractivity contribution in [3.63, 3.8) is 0 Å². The first kappa shape index (κ1) is 39.1. The van der Waals surface area contributed by atoms with Gasteiger partial charge < -0.3 is 25.7 Å². The Kier molecular flexibility index (Phi) is 15.8. The Morgan fingerprint density at radius 1 is 0.920 bits per heavy atom. The van der Waals surface area contributed by atoms with Crippen LogP contribution < -0.4 is 10.6 Å². The van der Waals surface area contributed by atoms with E-state index in [1.54, 1.807) is 23.7 Å². The number of aromatic nitrogens is 2. The second-order valence-corrected chi connectivity index (χ2v) is 15.0. The molecule has 0 saturated heterocycles. The van der Waals surface area contributed by atoms with Gasteiger partial charge in [-0.2, -0.15) is 0 Å². The summed E-state index contributed by atoms with van der Waals surface area (Å²) >= 11 is 1.40. The number of carbonyl (C=O) groups excluding carboxylic acids is 3. The highest BCUT2D eigenvalue weighted by molar-refractivity contribution is 7.07. The van der Waals surface area contributed by atoms with E-state index in [1.165, 1.54) is 17.8 Å². The highest BCUT2D eigenvalue weighted by atomic mass is 32.1. The molecule has 1 saturated carbocycles. The van der Waals surface area contributed by atoms with Crippen molar-refractivity contribution in [3.8, 4) is 0 Å². The maximum atomic E-state index is 14.1. The number of hydrogen-bond donors (Lipinski definition) is 4. The molecule has 0 unspecified atom stereocenters. The third kappa shape index (κ3) is 12.9. The number of rotatable bonds is 19. The van der Waals surface area contributed by atoms with E-state index in [0.29, 0.717) is 43.8 Å². The third-order valence-corrected chi connectivity index (χ3v) is 10.3. The van der Waals surface area contributed by atoms with Crippen LogP contribution in [-0.2, 0) is 33.6 Å². The van der Waals surface area contributed by atoms with Crippen molar-refractivity contribution in [2.75, 3.05) is 13.6 Å². The molecule has 4 N–H and O–H groups in total. The van der Waals surface area contributed by atoms with Crippen LogP contribution >= 0.6 is 11.3 Å². The monoisotopic (exact) mass is 705 g/mol. The molecule has 2 aromatic heterocycles. The smallest absolute Gasteiger partial charge is 0.243 e. The number of pyridine rings is 1. The fourth-order valence-electron chi connectivity index (χ4n) is 6.76. The number of carbonyl (C=O) groups is 3. The number of hydrogen-bond acceptors (Lipinski definition) is 8. The molecule has 2 heterocycles. The van der Waals surface area contributed by atoms with Gasteiger partial charge in [0.2, 0.25) is 17.7 Å². The van der Waals surface area contributed by atoms with Gasteiger partial charge in [0.25, 0.3) is 0 Å². The van der Waals surface area contributed by atoms with Gasteiger partial charge in [-0.3, -0.25) is 19.4 Å². The van der Waals surface area contributed by atoms with E-state index in [4.69, 9.17) is 0 Å². The SMILES string of the molecule is CC(C)C[C@H](O)[C@H](O)[C@H](CC1CCCCC1)NC(=O)[C@H](Cc1cscn1)NC(=O)[C@@H](CC(=O)N(C)CCc1ccccn1)Cc1ccccc1. The predicted molar refractivity (Wildman–Crippen MR) is 196 cm³/mol. The Balaban J connectivity index is 1.52. The Morgan fingerprint density at radius 2 is 1.66 bits per heavy atom. The number of aliphatic hydroxyl groups excluding tert-OH is 2. The van der Waals surface area contributed by atoms with Crippen molar-refractivity contribution in [1.82, 2.24) is 25.5 Å². The summed E-state index contributed by atoms with van der Waals surface area (Å²) < 4.78 is 0. The standard InChI is InChI=1S/C39H55N5O5S/c1-27(2)20-35(45)37(47)33(22-29-14-8-5-9-15-29)42-39(49)34(24-32-25-50-26-41-32)43-38(48)30(21-28-12-6-4-7-13-28)23-36(46)44(3)19-17-31-16-10-11-18-40-31/h4,6-7,10-13,16,18,25-27,29-30,33-35,37,45,47H,5,8-9,14-15,17,19-24H2,1-3H3,(H,42,49)(H,43,48)/t30-,33+,34+,35+,37-/m1/s1. The molecule has 0 bridgehead atoms. The molecule has 4 rings (SSSR count). The van der Waals surface area contributed by atoms with E-state index in [9.17, 15) is 24.6 Å². The van der Waals surface area contributed by atoms with Crippen molar-refractivity contribution in [1.29, 1.82) is 0 Å².